The van der Waals surface area contributed by atoms with E-state index in [0.717, 1.165) is 37.4 Å². The second-order valence-electron chi connectivity index (χ2n) is 5.33. The summed E-state index contributed by atoms with van der Waals surface area (Å²) < 4.78 is 5.27. The van der Waals surface area contributed by atoms with Crippen LogP contribution in [-0.4, -0.2) is 37.0 Å². The molecule has 4 nitrogen and oxygen atoms in total. The average Bonchev–Trinajstić information content (AvgIpc) is 3.01. The number of nitrogens with zero attached hydrogens (tertiary/aromatic N) is 1. The highest BCUT2D eigenvalue weighted by Gasteiger charge is 2.40. The van der Waals surface area contributed by atoms with Gasteiger partial charge in [-0.05, 0) is 44.5 Å². The van der Waals surface area contributed by atoms with Crippen LogP contribution in [0.2, 0.25) is 0 Å². The Hall–Kier alpha value is -1.55. The van der Waals surface area contributed by atoms with Crippen LogP contribution in [0.3, 0.4) is 0 Å². The molecule has 1 aromatic carbocycles. The van der Waals surface area contributed by atoms with Crippen molar-refractivity contribution in [2.45, 2.75) is 25.3 Å². The number of amides is 1. The Balaban J connectivity index is 1.71. The summed E-state index contributed by atoms with van der Waals surface area (Å²) in [5.41, 5.74) is 0.770. The molecule has 2 saturated heterocycles. The highest BCUT2D eigenvalue weighted by atomic mass is 16.5. The molecule has 102 valence electrons. The molecule has 2 aliphatic rings. The van der Waals surface area contributed by atoms with Crippen LogP contribution in [0.25, 0.3) is 0 Å². The summed E-state index contributed by atoms with van der Waals surface area (Å²) in [6.07, 6.45) is 3.36. The average molecular weight is 260 g/mol. The fourth-order valence-corrected chi connectivity index (χ4v) is 3.36. The zero-order valence-electron chi connectivity index (χ0n) is 11.3. The Morgan fingerprint density at radius 3 is 3.00 bits per heavy atom. The first-order valence-electron chi connectivity index (χ1n) is 6.97. The predicted molar refractivity (Wildman–Crippen MR) is 74.3 cm³/mol. The van der Waals surface area contributed by atoms with Gasteiger partial charge >= 0.3 is 0 Å². The van der Waals surface area contributed by atoms with Gasteiger partial charge in [0.2, 0.25) is 5.91 Å². The Morgan fingerprint density at radius 1 is 1.32 bits per heavy atom. The molecule has 1 amide bonds. The lowest BCUT2D eigenvalue weighted by molar-refractivity contribution is -0.120. The third-order valence-electron chi connectivity index (χ3n) is 4.31. The smallest absolute Gasteiger partial charge is 0.229 e. The molecule has 0 saturated carbocycles. The van der Waals surface area contributed by atoms with E-state index in [-0.39, 0.29) is 11.8 Å². The van der Waals surface area contributed by atoms with Crippen LogP contribution in [0, 0.1) is 5.92 Å². The number of fused-ring (bicyclic) bond motifs is 1. The largest absolute Gasteiger partial charge is 0.495 e. The molecule has 1 aromatic rings. The fraction of sp³-hybridized carbons (Fsp3) is 0.533. The van der Waals surface area contributed by atoms with E-state index in [4.69, 9.17) is 4.74 Å². The summed E-state index contributed by atoms with van der Waals surface area (Å²) in [6.45, 7) is 2.22. The van der Waals surface area contributed by atoms with E-state index in [0.29, 0.717) is 6.04 Å². The summed E-state index contributed by atoms with van der Waals surface area (Å²) in [5, 5.41) is 3.03. The predicted octanol–water partition coefficient (Wildman–Crippen LogP) is 2.12. The third-order valence-corrected chi connectivity index (χ3v) is 4.31. The number of anilines is 1. The van der Waals surface area contributed by atoms with Crippen LogP contribution in [0.15, 0.2) is 24.3 Å². The first-order valence-corrected chi connectivity index (χ1v) is 6.97. The third kappa shape index (κ3) is 2.32. The van der Waals surface area contributed by atoms with Crippen molar-refractivity contribution in [1.82, 2.24) is 4.90 Å². The van der Waals surface area contributed by atoms with E-state index in [1.165, 1.54) is 6.42 Å². The molecular weight excluding hydrogens is 240 g/mol. The lowest BCUT2D eigenvalue weighted by Crippen LogP contribution is -2.33. The van der Waals surface area contributed by atoms with Gasteiger partial charge in [0.15, 0.2) is 0 Å². The van der Waals surface area contributed by atoms with Crippen molar-refractivity contribution >= 4 is 11.6 Å². The summed E-state index contributed by atoms with van der Waals surface area (Å²) in [7, 11) is 1.62. The van der Waals surface area contributed by atoms with E-state index in [1.54, 1.807) is 7.11 Å². The number of methoxy groups -OCH3 is 1. The fourth-order valence-electron chi connectivity index (χ4n) is 3.36. The Labute approximate surface area is 113 Å². The van der Waals surface area contributed by atoms with Crippen LogP contribution in [0.1, 0.15) is 19.3 Å². The quantitative estimate of drug-likeness (QED) is 0.905. The van der Waals surface area contributed by atoms with Crippen molar-refractivity contribution in [3.8, 4) is 5.75 Å². The van der Waals surface area contributed by atoms with Crippen molar-refractivity contribution in [2.24, 2.45) is 5.92 Å². The molecule has 2 heterocycles. The maximum atomic E-state index is 12.4. The number of hydrogen-bond acceptors (Lipinski definition) is 3. The van der Waals surface area contributed by atoms with Crippen molar-refractivity contribution in [1.29, 1.82) is 0 Å². The molecule has 0 radical (unpaired) electrons. The summed E-state index contributed by atoms with van der Waals surface area (Å²) in [5.74, 6) is 0.989. The van der Waals surface area contributed by atoms with Gasteiger partial charge in [0, 0.05) is 6.04 Å². The standard InChI is InChI=1S/C15H20N2O2/c1-19-14-7-3-2-5-12(14)16-15(18)11-8-10-17-9-4-6-13(11)17/h2-3,5,7,11,13H,4,6,8-10H2,1H3,(H,16,18). The summed E-state index contributed by atoms with van der Waals surface area (Å²) >= 11 is 0. The zero-order chi connectivity index (χ0) is 13.2. The Kier molecular flexibility index (Phi) is 3.42. The number of nitrogens with one attached hydrogen (secondary N) is 1. The van der Waals surface area contributed by atoms with Gasteiger partial charge in [0.25, 0.3) is 0 Å². The summed E-state index contributed by atoms with van der Waals surface area (Å²) in [4.78, 5) is 14.9. The minimum Gasteiger partial charge on any atom is -0.495 e. The van der Waals surface area contributed by atoms with Gasteiger partial charge in [0.05, 0.1) is 18.7 Å². The number of ether oxygens (including phenoxy) is 1. The van der Waals surface area contributed by atoms with Crippen LogP contribution >= 0.6 is 0 Å². The van der Waals surface area contributed by atoms with Crippen molar-refractivity contribution in [3.05, 3.63) is 24.3 Å². The lowest BCUT2D eigenvalue weighted by atomic mass is 9.97. The van der Waals surface area contributed by atoms with Gasteiger partial charge in [-0.2, -0.15) is 0 Å². The zero-order valence-corrected chi connectivity index (χ0v) is 11.3. The van der Waals surface area contributed by atoms with Crippen LogP contribution in [-0.2, 0) is 4.79 Å². The second-order valence-corrected chi connectivity index (χ2v) is 5.33. The SMILES string of the molecule is COc1ccccc1NC(=O)C1CCN2CCCC12. The van der Waals surface area contributed by atoms with Crippen LogP contribution < -0.4 is 10.1 Å². The summed E-state index contributed by atoms with van der Waals surface area (Å²) in [6, 6.07) is 8.02. The molecular formula is C15H20N2O2. The number of benzene rings is 1. The molecule has 0 spiro atoms. The number of para-hydroxylation sites is 2. The first kappa shape index (κ1) is 12.5. The van der Waals surface area contributed by atoms with Gasteiger partial charge < -0.3 is 10.1 Å². The molecule has 0 aromatic heterocycles. The Morgan fingerprint density at radius 2 is 2.16 bits per heavy atom. The normalized spacial score (nSPS) is 26.2. The number of carbonyl (C=O) groups excluding carboxylic acids is 1. The monoisotopic (exact) mass is 260 g/mol. The van der Waals surface area contributed by atoms with Crippen molar-refractivity contribution in [3.63, 3.8) is 0 Å². The highest BCUT2D eigenvalue weighted by Crippen LogP contribution is 2.34. The van der Waals surface area contributed by atoms with E-state index in [2.05, 4.69) is 10.2 Å². The van der Waals surface area contributed by atoms with Crippen LogP contribution in [0.5, 0.6) is 5.75 Å². The number of rotatable bonds is 3. The number of hydrogen-bond donors (Lipinski definition) is 1. The molecule has 4 heteroatoms. The van der Waals surface area contributed by atoms with Gasteiger partial charge in [-0.15, -0.1) is 0 Å². The topological polar surface area (TPSA) is 41.6 Å². The van der Waals surface area contributed by atoms with Gasteiger partial charge in [0.1, 0.15) is 5.75 Å². The Bertz CT molecular complexity index is 475. The second kappa shape index (κ2) is 5.21. The van der Waals surface area contributed by atoms with Gasteiger partial charge in [-0.25, -0.2) is 0 Å². The van der Waals surface area contributed by atoms with E-state index < -0.39 is 0 Å². The molecule has 0 bridgehead atoms. The van der Waals surface area contributed by atoms with Crippen molar-refractivity contribution < 1.29 is 9.53 Å². The molecule has 1 N–H and O–H groups in total. The van der Waals surface area contributed by atoms with Gasteiger partial charge in [-0.3, -0.25) is 9.69 Å². The maximum Gasteiger partial charge on any atom is 0.229 e. The first-order chi connectivity index (χ1) is 9.29. The number of carbonyl (C=O) groups is 1. The maximum absolute atomic E-state index is 12.4. The van der Waals surface area contributed by atoms with E-state index >= 15 is 0 Å². The highest BCUT2D eigenvalue weighted by molar-refractivity contribution is 5.94. The molecule has 3 rings (SSSR count). The van der Waals surface area contributed by atoms with E-state index in [9.17, 15) is 4.79 Å². The molecule has 19 heavy (non-hydrogen) atoms. The minimum atomic E-state index is 0.132. The molecule has 2 atom stereocenters. The van der Waals surface area contributed by atoms with Crippen molar-refractivity contribution in [2.75, 3.05) is 25.5 Å². The molecule has 2 aliphatic heterocycles. The minimum absolute atomic E-state index is 0.132. The molecule has 2 fully saturated rings. The molecule has 0 aliphatic carbocycles. The van der Waals surface area contributed by atoms with Crippen LogP contribution in [0.4, 0.5) is 5.69 Å². The lowest BCUT2D eigenvalue weighted by Gasteiger charge is -2.20. The van der Waals surface area contributed by atoms with Gasteiger partial charge in [-0.1, -0.05) is 12.1 Å². The van der Waals surface area contributed by atoms with E-state index in [1.807, 2.05) is 24.3 Å². The molecule has 2 unspecified atom stereocenters.